The molecule has 0 saturated heterocycles. The lowest BCUT2D eigenvalue weighted by atomic mass is 10.0. The van der Waals surface area contributed by atoms with Gasteiger partial charge in [-0.1, -0.05) is 284 Å². The lowest BCUT2D eigenvalue weighted by Crippen LogP contribution is -2.37. The Morgan fingerprint density at radius 3 is 1.04 bits per heavy atom. The van der Waals surface area contributed by atoms with E-state index in [9.17, 15) is 19.0 Å². The van der Waals surface area contributed by atoms with Crippen LogP contribution in [0.4, 0.5) is 0 Å². The van der Waals surface area contributed by atoms with Crippen molar-refractivity contribution >= 4 is 19.8 Å². The van der Waals surface area contributed by atoms with Gasteiger partial charge in [-0.3, -0.25) is 18.6 Å². The molecule has 0 amide bonds. The van der Waals surface area contributed by atoms with Crippen molar-refractivity contribution in [3.63, 3.8) is 0 Å². The first-order valence-electron chi connectivity index (χ1n) is 34.0. The van der Waals surface area contributed by atoms with E-state index >= 15 is 0 Å². The molecule has 474 valence electrons. The second kappa shape index (κ2) is 62.5. The van der Waals surface area contributed by atoms with Gasteiger partial charge in [-0.2, -0.15) is 0 Å². The van der Waals surface area contributed by atoms with Crippen LogP contribution in [-0.2, 0) is 32.7 Å². The SMILES string of the molecule is CC/C=C\C/C=C\C/C=C\C/C=C\C/C=C\C/C=C\CCCCCCC(=O)OC(COC(=O)CCCCCCCCCCCCCCCCCCCCCCCCC/C=C\C/C=C\CCCCCCC)COP(=O)(O)OCC[N+](C)(C)C. The van der Waals surface area contributed by atoms with Crippen molar-refractivity contribution in [2.75, 3.05) is 47.5 Å². The Balaban J connectivity index is 4.04. The minimum atomic E-state index is -4.40. The largest absolute Gasteiger partial charge is 0.472 e. The summed E-state index contributed by atoms with van der Waals surface area (Å²) in [6.07, 6.45) is 86.6. The van der Waals surface area contributed by atoms with E-state index in [1.54, 1.807) is 0 Å². The zero-order chi connectivity index (χ0) is 59.8. The molecule has 0 bridgehead atoms. The number of likely N-dealkylation sites (N-methyl/N-ethyl adjacent to an activating group) is 1. The first-order chi connectivity index (χ1) is 40.0. The van der Waals surface area contributed by atoms with Crippen LogP contribution in [0.25, 0.3) is 0 Å². The highest BCUT2D eigenvalue weighted by molar-refractivity contribution is 7.47. The molecular weight excluding hydrogens is 1040 g/mol. The molecule has 10 heteroatoms. The quantitative estimate of drug-likeness (QED) is 0.0211. The van der Waals surface area contributed by atoms with Crippen molar-refractivity contribution in [2.45, 2.75) is 302 Å². The number of esters is 2. The lowest BCUT2D eigenvalue weighted by molar-refractivity contribution is -0.870. The van der Waals surface area contributed by atoms with Gasteiger partial charge in [-0.25, -0.2) is 4.57 Å². The van der Waals surface area contributed by atoms with Crippen molar-refractivity contribution in [1.29, 1.82) is 0 Å². The van der Waals surface area contributed by atoms with E-state index in [1.807, 2.05) is 21.1 Å². The van der Waals surface area contributed by atoms with Crippen LogP contribution in [0, 0.1) is 0 Å². The van der Waals surface area contributed by atoms with Gasteiger partial charge in [0, 0.05) is 12.8 Å². The average molecular weight is 1170 g/mol. The molecular formula is C72H129NO8P+. The van der Waals surface area contributed by atoms with Gasteiger partial charge >= 0.3 is 19.8 Å². The Labute approximate surface area is 506 Å². The van der Waals surface area contributed by atoms with E-state index in [2.05, 4.69) is 111 Å². The Hall–Kier alpha value is -3.07. The maximum atomic E-state index is 12.8. The molecule has 2 atom stereocenters. The number of phosphoric ester groups is 1. The number of carbonyl (C=O) groups excluding carboxylic acids is 2. The van der Waals surface area contributed by atoms with E-state index in [-0.39, 0.29) is 32.0 Å². The van der Waals surface area contributed by atoms with E-state index in [4.69, 9.17) is 18.5 Å². The van der Waals surface area contributed by atoms with Gasteiger partial charge in [0.05, 0.1) is 27.7 Å². The monoisotopic (exact) mass is 1170 g/mol. The van der Waals surface area contributed by atoms with E-state index in [1.165, 1.54) is 173 Å². The normalized spacial score (nSPS) is 13.8. The zero-order valence-electron chi connectivity index (χ0n) is 54.0. The number of rotatable bonds is 62. The molecule has 0 saturated carbocycles. The number of allylic oxidation sites excluding steroid dienone is 16. The molecule has 0 aromatic heterocycles. The van der Waals surface area contributed by atoms with E-state index in [0.29, 0.717) is 17.4 Å². The van der Waals surface area contributed by atoms with Crippen molar-refractivity contribution in [3.8, 4) is 0 Å². The smallest absolute Gasteiger partial charge is 0.462 e. The summed E-state index contributed by atoms with van der Waals surface area (Å²) in [7, 11) is 1.46. The van der Waals surface area contributed by atoms with Crippen LogP contribution in [-0.4, -0.2) is 74.9 Å². The first-order valence-corrected chi connectivity index (χ1v) is 35.5. The van der Waals surface area contributed by atoms with E-state index in [0.717, 1.165) is 89.9 Å². The number of unbranched alkanes of at least 4 members (excludes halogenated alkanes) is 32. The molecule has 0 aromatic carbocycles. The maximum absolute atomic E-state index is 12.8. The molecule has 9 nitrogen and oxygen atoms in total. The van der Waals surface area contributed by atoms with Crippen LogP contribution in [0.15, 0.2) is 97.2 Å². The van der Waals surface area contributed by atoms with Crippen molar-refractivity contribution in [3.05, 3.63) is 97.2 Å². The molecule has 1 N–H and O–H groups in total. The minimum absolute atomic E-state index is 0.0229. The minimum Gasteiger partial charge on any atom is -0.462 e. The Morgan fingerprint density at radius 2 is 0.695 bits per heavy atom. The Morgan fingerprint density at radius 1 is 0.390 bits per heavy atom. The van der Waals surface area contributed by atoms with Gasteiger partial charge in [0.1, 0.15) is 19.8 Å². The van der Waals surface area contributed by atoms with Crippen LogP contribution in [0.3, 0.4) is 0 Å². The fourth-order valence-electron chi connectivity index (χ4n) is 9.40. The standard InChI is InChI=1S/C72H128NO8P/c1-6-8-10-12-14-16-18-20-22-24-26-28-30-31-32-33-34-35-36-37-38-39-40-41-43-44-46-48-50-52-54-56-58-60-62-64-71(74)78-68-70(69-80-82(76,77)79-67-66-73(3,4)5)81-72(75)65-63-61-59-57-55-53-51-49-47-45-42-29-27-25-23-21-19-17-15-13-11-9-7-2/h9,11,15,17-18,20-21,23-24,26-27,29,45,47,51,53,70H,6-8,10,12-14,16,19,22,25,28,30-44,46,48-50,52,54-69H2,1-5H3/p+1/b11-9-,17-15-,20-18-,23-21-,26-24-,29-27-,47-45-,53-51-. The Kier molecular flexibility index (Phi) is 60.1. The molecule has 82 heavy (non-hydrogen) atoms. The topological polar surface area (TPSA) is 108 Å². The summed E-state index contributed by atoms with van der Waals surface area (Å²) in [6.45, 7) is 4.30. The van der Waals surface area contributed by atoms with Gasteiger partial charge in [0.25, 0.3) is 0 Å². The van der Waals surface area contributed by atoms with Gasteiger partial charge in [0.2, 0.25) is 0 Å². The lowest BCUT2D eigenvalue weighted by Gasteiger charge is -2.24. The highest BCUT2D eigenvalue weighted by Gasteiger charge is 2.27. The molecule has 2 unspecified atom stereocenters. The van der Waals surface area contributed by atoms with Crippen LogP contribution < -0.4 is 0 Å². The highest BCUT2D eigenvalue weighted by Crippen LogP contribution is 2.43. The van der Waals surface area contributed by atoms with E-state index < -0.39 is 26.5 Å². The number of ether oxygens (including phenoxy) is 2. The van der Waals surface area contributed by atoms with Crippen LogP contribution in [0.5, 0.6) is 0 Å². The summed E-state index contributed by atoms with van der Waals surface area (Å²) < 4.78 is 34.6. The summed E-state index contributed by atoms with van der Waals surface area (Å²) in [5.41, 5.74) is 0. The van der Waals surface area contributed by atoms with Crippen LogP contribution in [0.2, 0.25) is 0 Å². The van der Waals surface area contributed by atoms with Gasteiger partial charge in [0.15, 0.2) is 6.10 Å². The van der Waals surface area contributed by atoms with Gasteiger partial charge < -0.3 is 18.9 Å². The number of hydrogen-bond acceptors (Lipinski definition) is 7. The second-order valence-corrected chi connectivity index (χ2v) is 25.3. The molecule has 0 rings (SSSR count). The molecule has 0 radical (unpaired) electrons. The predicted molar refractivity (Wildman–Crippen MR) is 353 cm³/mol. The van der Waals surface area contributed by atoms with Gasteiger partial charge in [-0.15, -0.1) is 0 Å². The molecule has 0 fully saturated rings. The fourth-order valence-corrected chi connectivity index (χ4v) is 10.1. The third-order valence-electron chi connectivity index (χ3n) is 14.6. The molecule has 0 aromatic rings. The fraction of sp³-hybridized carbons (Fsp3) is 0.750. The molecule has 0 spiro atoms. The van der Waals surface area contributed by atoms with Crippen molar-refractivity contribution < 1.29 is 42.1 Å². The summed E-state index contributed by atoms with van der Waals surface area (Å²) in [4.78, 5) is 35.8. The summed E-state index contributed by atoms with van der Waals surface area (Å²) >= 11 is 0. The predicted octanol–water partition coefficient (Wildman–Crippen LogP) is 21.9. The second-order valence-electron chi connectivity index (χ2n) is 23.8. The molecule has 0 heterocycles. The van der Waals surface area contributed by atoms with Crippen molar-refractivity contribution in [2.24, 2.45) is 0 Å². The zero-order valence-corrected chi connectivity index (χ0v) is 54.8. The number of phosphoric acid groups is 1. The Bertz CT molecular complexity index is 1710. The molecule has 0 aliphatic rings. The summed E-state index contributed by atoms with van der Waals surface area (Å²) in [6, 6.07) is 0. The summed E-state index contributed by atoms with van der Waals surface area (Å²) in [5, 5.41) is 0. The average Bonchev–Trinajstić information content (AvgIpc) is 3.46. The first kappa shape index (κ1) is 78.9. The number of hydrogen-bond donors (Lipinski definition) is 1. The number of carbonyl (C=O) groups is 2. The third kappa shape index (κ3) is 66.1. The maximum Gasteiger partial charge on any atom is 0.472 e. The number of quaternary nitrogens is 1. The van der Waals surface area contributed by atoms with Crippen LogP contribution in [0.1, 0.15) is 296 Å². The van der Waals surface area contributed by atoms with Gasteiger partial charge in [-0.05, 0) is 96.3 Å². The molecule has 0 aliphatic carbocycles. The molecule has 0 aliphatic heterocycles. The van der Waals surface area contributed by atoms with Crippen LogP contribution >= 0.6 is 7.82 Å². The van der Waals surface area contributed by atoms with Crippen molar-refractivity contribution in [1.82, 2.24) is 0 Å². The summed E-state index contributed by atoms with van der Waals surface area (Å²) in [5.74, 6) is -0.821. The number of nitrogens with zero attached hydrogens (tertiary/aromatic N) is 1. The third-order valence-corrected chi connectivity index (χ3v) is 15.6. The highest BCUT2D eigenvalue weighted by atomic mass is 31.2.